The molecular weight excluding hydrogens is 374 g/mol. The Morgan fingerprint density at radius 3 is 2.37 bits per heavy atom. The minimum absolute atomic E-state index is 0.261. The topological polar surface area (TPSA) is 54.3 Å². The van der Waals surface area contributed by atoms with Crippen LogP contribution in [0.4, 0.5) is 0 Å². The van der Waals surface area contributed by atoms with Crippen LogP contribution in [0.5, 0.6) is 0 Å². The molecule has 1 amide bonds. The molecule has 6 nitrogen and oxygen atoms in total. The number of likely N-dealkylation sites (tertiary alicyclic amines) is 1. The van der Waals surface area contributed by atoms with Crippen LogP contribution in [0.25, 0.3) is 17.0 Å². The van der Waals surface area contributed by atoms with Crippen LogP contribution >= 0.6 is 0 Å². The van der Waals surface area contributed by atoms with Gasteiger partial charge in [0.15, 0.2) is 5.82 Å². The molecule has 1 aromatic carbocycles. The van der Waals surface area contributed by atoms with Crippen LogP contribution in [0.2, 0.25) is 0 Å². The van der Waals surface area contributed by atoms with E-state index in [4.69, 9.17) is 0 Å². The van der Waals surface area contributed by atoms with E-state index in [9.17, 15) is 4.79 Å². The first-order valence-electron chi connectivity index (χ1n) is 11.2. The van der Waals surface area contributed by atoms with E-state index >= 15 is 0 Å². The molecule has 0 spiro atoms. The second-order valence-corrected chi connectivity index (χ2v) is 8.13. The summed E-state index contributed by atoms with van der Waals surface area (Å²) in [5.41, 5.74) is 3.56. The number of aromatic nitrogens is 3. The summed E-state index contributed by atoms with van der Waals surface area (Å²) < 4.78 is 1.79. The maximum Gasteiger partial charge on any atom is 0.237 e. The first-order valence-corrected chi connectivity index (χ1v) is 11.2. The molecule has 0 unspecified atom stereocenters. The molecule has 6 heteroatoms. The summed E-state index contributed by atoms with van der Waals surface area (Å²) in [5.74, 6) is 2.64. The molecule has 1 fully saturated rings. The number of hydrogen-bond acceptors (Lipinski definition) is 4. The molecule has 0 saturated carbocycles. The number of carbonyl (C=O) groups excluding carboxylic acids is 1. The lowest BCUT2D eigenvalue weighted by Gasteiger charge is -2.28. The second kappa shape index (κ2) is 10.0. The van der Waals surface area contributed by atoms with Crippen LogP contribution in [0, 0.1) is 12.8 Å². The van der Waals surface area contributed by atoms with Crippen LogP contribution in [-0.2, 0) is 11.8 Å². The predicted octanol–water partition coefficient (Wildman–Crippen LogP) is 3.77. The highest BCUT2D eigenvalue weighted by molar-refractivity contribution is 5.80. The summed E-state index contributed by atoms with van der Waals surface area (Å²) in [7, 11) is 1.91. The first kappa shape index (κ1) is 22.2. The van der Waals surface area contributed by atoms with Crippen molar-refractivity contribution in [3.8, 4) is 11.4 Å². The fraction of sp³-hybridized carbons (Fsp3) is 0.542. The maximum atomic E-state index is 12.6. The smallest absolute Gasteiger partial charge is 0.237 e. The van der Waals surface area contributed by atoms with Crippen LogP contribution in [0.1, 0.15) is 45.0 Å². The quantitative estimate of drug-likeness (QED) is 0.771. The van der Waals surface area contributed by atoms with E-state index in [1.165, 1.54) is 17.6 Å². The Bertz CT molecular complexity index is 864. The number of benzene rings is 1. The molecule has 2 aliphatic rings. The third-order valence-electron chi connectivity index (χ3n) is 5.92. The minimum atomic E-state index is 0.261. The summed E-state index contributed by atoms with van der Waals surface area (Å²) in [6.45, 7) is 12.4. The predicted molar refractivity (Wildman–Crippen MR) is 122 cm³/mol. The molecular formula is C24H35N5O. The third-order valence-corrected chi connectivity index (χ3v) is 5.92. The van der Waals surface area contributed by atoms with Crippen LogP contribution in [-0.4, -0.2) is 63.2 Å². The van der Waals surface area contributed by atoms with Gasteiger partial charge >= 0.3 is 0 Å². The Morgan fingerprint density at radius 1 is 1.13 bits per heavy atom. The number of amides is 1. The number of carbonyl (C=O) groups is 1. The highest BCUT2D eigenvalue weighted by Gasteiger charge is 2.24. The average Bonchev–Trinajstić information content (AvgIpc) is 3.34. The van der Waals surface area contributed by atoms with Crippen molar-refractivity contribution in [2.24, 2.45) is 13.0 Å². The molecule has 2 aromatic rings. The van der Waals surface area contributed by atoms with E-state index in [0.29, 0.717) is 19.0 Å². The van der Waals surface area contributed by atoms with E-state index < -0.39 is 0 Å². The van der Waals surface area contributed by atoms with Crippen molar-refractivity contribution in [3.05, 3.63) is 41.7 Å². The average molecular weight is 410 g/mol. The van der Waals surface area contributed by atoms with Gasteiger partial charge in [-0.25, -0.2) is 4.98 Å². The van der Waals surface area contributed by atoms with Gasteiger partial charge in [-0.1, -0.05) is 51.1 Å². The molecule has 2 aliphatic heterocycles. The normalized spacial score (nSPS) is 19.3. The number of hydrogen-bond donors (Lipinski definition) is 0. The first-order chi connectivity index (χ1) is 14.5. The Morgan fingerprint density at radius 2 is 1.83 bits per heavy atom. The lowest BCUT2D eigenvalue weighted by Crippen LogP contribution is -2.41. The largest absolute Gasteiger partial charge is 0.338 e. The Balaban J connectivity index is 0.00000124. The van der Waals surface area contributed by atoms with E-state index in [0.717, 1.165) is 43.3 Å². The van der Waals surface area contributed by atoms with Gasteiger partial charge in [0.2, 0.25) is 5.91 Å². The summed E-state index contributed by atoms with van der Waals surface area (Å²) in [4.78, 5) is 21.3. The molecule has 1 aromatic heterocycles. The lowest BCUT2D eigenvalue weighted by atomic mass is 9.98. The maximum absolute atomic E-state index is 12.6. The number of nitrogens with zero attached hydrogens (tertiary/aromatic N) is 5. The summed E-state index contributed by atoms with van der Waals surface area (Å²) >= 11 is 0. The summed E-state index contributed by atoms with van der Waals surface area (Å²) in [6.07, 6.45) is 4.32. The van der Waals surface area contributed by atoms with Crippen molar-refractivity contribution >= 4 is 11.5 Å². The van der Waals surface area contributed by atoms with Crippen molar-refractivity contribution in [2.75, 3.05) is 32.7 Å². The van der Waals surface area contributed by atoms with Gasteiger partial charge in [0.1, 0.15) is 5.82 Å². The zero-order valence-corrected chi connectivity index (χ0v) is 19.1. The van der Waals surface area contributed by atoms with Crippen LogP contribution in [0.3, 0.4) is 0 Å². The van der Waals surface area contributed by atoms with E-state index in [-0.39, 0.29) is 5.91 Å². The van der Waals surface area contributed by atoms with Crippen molar-refractivity contribution < 1.29 is 4.79 Å². The van der Waals surface area contributed by atoms with E-state index in [2.05, 4.69) is 52.2 Å². The molecule has 3 heterocycles. The highest BCUT2D eigenvalue weighted by Crippen LogP contribution is 2.25. The third kappa shape index (κ3) is 5.17. The zero-order valence-electron chi connectivity index (χ0n) is 19.1. The SMILES string of the molecule is CC.Cc1nc(-c2ccc(C3=CCN(C(=O)CN4CC[C@H](C)C4)CC3)cc2)nn1C. The molecule has 1 atom stereocenters. The standard InChI is InChI=1S/C22H29N5O.C2H6/c1-16-8-11-26(14-16)15-21(28)27-12-9-19(10-13-27)18-4-6-20(7-5-18)22-23-17(2)25(3)24-22;1-2/h4-7,9,16H,8,10-15H2,1-3H3;1-2H3/t16-;/m0./s1. The van der Waals surface area contributed by atoms with Crippen LogP contribution in [0.15, 0.2) is 30.3 Å². The molecule has 0 N–H and O–H groups in total. The summed E-state index contributed by atoms with van der Waals surface area (Å²) in [5, 5.41) is 4.44. The molecule has 4 rings (SSSR count). The van der Waals surface area contributed by atoms with Gasteiger partial charge in [-0.15, -0.1) is 0 Å². The van der Waals surface area contributed by atoms with Gasteiger partial charge in [0.25, 0.3) is 0 Å². The number of aryl methyl sites for hydroxylation is 2. The van der Waals surface area contributed by atoms with E-state index in [1.807, 2.05) is 32.7 Å². The summed E-state index contributed by atoms with van der Waals surface area (Å²) in [6, 6.07) is 8.43. The van der Waals surface area contributed by atoms with Gasteiger partial charge in [0.05, 0.1) is 6.54 Å². The fourth-order valence-corrected chi connectivity index (χ4v) is 4.04. The highest BCUT2D eigenvalue weighted by atomic mass is 16.2. The lowest BCUT2D eigenvalue weighted by molar-refractivity contribution is -0.131. The monoisotopic (exact) mass is 409 g/mol. The van der Waals surface area contributed by atoms with Crippen molar-refractivity contribution in [2.45, 2.75) is 40.5 Å². The molecule has 162 valence electrons. The Hall–Kier alpha value is -2.47. The van der Waals surface area contributed by atoms with Gasteiger partial charge in [-0.3, -0.25) is 14.4 Å². The fourth-order valence-electron chi connectivity index (χ4n) is 4.04. The molecule has 0 bridgehead atoms. The van der Waals surface area contributed by atoms with Gasteiger partial charge in [-0.05, 0) is 43.4 Å². The van der Waals surface area contributed by atoms with Gasteiger partial charge in [0, 0.05) is 32.2 Å². The zero-order chi connectivity index (χ0) is 21.7. The molecule has 1 saturated heterocycles. The second-order valence-electron chi connectivity index (χ2n) is 8.13. The number of rotatable bonds is 4. The molecule has 0 aliphatic carbocycles. The van der Waals surface area contributed by atoms with Gasteiger partial charge in [-0.2, -0.15) is 5.10 Å². The van der Waals surface area contributed by atoms with E-state index in [1.54, 1.807) is 4.68 Å². The Labute approximate surface area is 180 Å². The minimum Gasteiger partial charge on any atom is -0.338 e. The molecule has 30 heavy (non-hydrogen) atoms. The van der Waals surface area contributed by atoms with Gasteiger partial charge < -0.3 is 4.90 Å². The van der Waals surface area contributed by atoms with Crippen molar-refractivity contribution in [1.29, 1.82) is 0 Å². The molecule has 0 radical (unpaired) electrons. The van der Waals surface area contributed by atoms with Crippen molar-refractivity contribution in [3.63, 3.8) is 0 Å². The Kier molecular flexibility index (Phi) is 7.43. The van der Waals surface area contributed by atoms with Crippen LogP contribution < -0.4 is 0 Å². The van der Waals surface area contributed by atoms with Crippen molar-refractivity contribution in [1.82, 2.24) is 24.6 Å².